The van der Waals surface area contributed by atoms with E-state index in [1.165, 1.54) is 119 Å². The number of fused-ring (bicyclic) bond motifs is 8. The lowest BCUT2D eigenvalue weighted by molar-refractivity contribution is 0.590. The first-order valence-corrected chi connectivity index (χ1v) is 37.6. The second-order valence-corrected chi connectivity index (χ2v) is 30.5. The van der Waals surface area contributed by atoms with Crippen molar-refractivity contribution in [2.45, 2.75) is 26.2 Å². The van der Waals surface area contributed by atoms with Crippen molar-refractivity contribution in [1.82, 2.24) is 0 Å². The van der Waals surface area contributed by atoms with Crippen LogP contribution in [0.1, 0.15) is 26.3 Å². The van der Waals surface area contributed by atoms with Crippen LogP contribution in [0.25, 0.3) is 164 Å². The van der Waals surface area contributed by atoms with Gasteiger partial charge in [0.25, 0.3) is 6.71 Å². The minimum atomic E-state index is -0.241. The molecule has 0 saturated carbocycles. The molecule has 0 spiro atoms. The van der Waals surface area contributed by atoms with Gasteiger partial charge < -0.3 is 9.80 Å². The molecule has 107 heavy (non-hydrogen) atoms. The molecule has 2 nitrogen and oxygen atoms in total. The van der Waals surface area contributed by atoms with Crippen molar-refractivity contribution < 1.29 is 0 Å². The first-order valence-electron chi connectivity index (χ1n) is 37.6. The largest absolute Gasteiger partial charge is 0.310 e. The summed E-state index contributed by atoms with van der Waals surface area (Å²) >= 11 is 0. The van der Waals surface area contributed by atoms with Crippen molar-refractivity contribution in [1.29, 1.82) is 0 Å². The van der Waals surface area contributed by atoms with Crippen LogP contribution in [0.5, 0.6) is 0 Å². The molecule has 0 aliphatic carbocycles. The lowest BCUT2D eigenvalue weighted by Crippen LogP contribution is -2.61. The molecule has 20 aromatic carbocycles. The number of rotatable bonds is 9. The van der Waals surface area contributed by atoms with Crippen LogP contribution < -0.4 is 26.2 Å². The van der Waals surface area contributed by atoms with Crippen LogP contribution in [0, 0.1) is 0 Å². The third-order valence-corrected chi connectivity index (χ3v) is 23.6. The summed E-state index contributed by atoms with van der Waals surface area (Å²) in [5.41, 5.74) is 27.8. The van der Waals surface area contributed by atoms with E-state index in [-0.39, 0.29) is 12.1 Å². The monoisotopic (exact) mass is 1360 g/mol. The highest BCUT2D eigenvalue weighted by Crippen LogP contribution is 2.55. The van der Waals surface area contributed by atoms with Gasteiger partial charge in [0, 0.05) is 45.0 Å². The Bertz CT molecular complexity index is 6500. The Labute approximate surface area is 622 Å². The average Bonchev–Trinajstić information content (AvgIpc) is 0.689. The summed E-state index contributed by atoms with van der Waals surface area (Å²) in [6.07, 6.45) is 0. The van der Waals surface area contributed by atoms with Gasteiger partial charge in [0.1, 0.15) is 0 Å². The number of nitrogens with zero attached hydrogens (tertiary/aromatic N) is 2. The van der Waals surface area contributed by atoms with Gasteiger partial charge in [-0.1, -0.05) is 336 Å². The Balaban J connectivity index is 0.888. The summed E-state index contributed by atoms with van der Waals surface area (Å²) < 4.78 is 0. The molecule has 0 bridgehead atoms. The fraction of sp³-hybridized carbons (Fsp3) is 0.0385. The molecule has 0 aromatic heterocycles. The van der Waals surface area contributed by atoms with Gasteiger partial charge in [0.05, 0.1) is 11.4 Å². The van der Waals surface area contributed by atoms with Crippen molar-refractivity contribution in [2.75, 3.05) is 9.80 Å². The SMILES string of the molecule is CC(C)(C)c1ccc(-c2cc3c4c(c2)N(c2c(-c5ccccc5)cccc2-c2ccccc2)c2cc(-c5cc6cccc7c8cccc9cccc(c(c5)c67)c98)ccc2B4c2ccc(-c4cc5cccc6c7cccc8cccc(c(c4)c56)c87)cc2N3c2c(-c3ccccc3)cccc2-c2ccccc2)cc1. The molecular formula is C104H69BN2. The minimum absolute atomic E-state index is 0.0558. The van der Waals surface area contributed by atoms with Crippen molar-refractivity contribution >= 4 is 143 Å². The van der Waals surface area contributed by atoms with Crippen LogP contribution in [0.4, 0.5) is 34.1 Å². The lowest BCUT2D eigenvalue weighted by Gasteiger charge is -2.46. The minimum Gasteiger partial charge on any atom is -0.310 e. The molecule has 20 aromatic rings. The fourth-order valence-corrected chi connectivity index (χ4v) is 18.8. The van der Waals surface area contributed by atoms with E-state index in [0.29, 0.717) is 0 Å². The highest BCUT2D eigenvalue weighted by Gasteiger charge is 2.46. The van der Waals surface area contributed by atoms with Crippen molar-refractivity contribution in [2.24, 2.45) is 0 Å². The van der Waals surface area contributed by atoms with Gasteiger partial charge in [-0.3, -0.25) is 0 Å². The summed E-state index contributed by atoms with van der Waals surface area (Å²) in [7, 11) is 0. The zero-order valence-corrected chi connectivity index (χ0v) is 59.6. The predicted molar refractivity (Wildman–Crippen MR) is 460 cm³/mol. The van der Waals surface area contributed by atoms with E-state index in [9.17, 15) is 0 Å². The van der Waals surface area contributed by atoms with Crippen LogP contribution in [-0.2, 0) is 5.41 Å². The molecule has 0 amide bonds. The lowest BCUT2D eigenvalue weighted by atomic mass is 9.33. The highest BCUT2D eigenvalue weighted by atomic mass is 15.2. The van der Waals surface area contributed by atoms with E-state index in [1.54, 1.807) is 0 Å². The molecule has 22 rings (SSSR count). The maximum absolute atomic E-state index is 2.71. The zero-order valence-electron chi connectivity index (χ0n) is 59.6. The highest BCUT2D eigenvalue weighted by molar-refractivity contribution is 7.00. The molecule has 498 valence electrons. The van der Waals surface area contributed by atoms with Crippen molar-refractivity contribution in [3.05, 3.63) is 370 Å². The van der Waals surface area contributed by atoms with Crippen molar-refractivity contribution in [3.8, 4) is 77.9 Å². The summed E-state index contributed by atoms with van der Waals surface area (Å²) in [5, 5.41) is 20.5. The molecule has 0 N–H and O–H groups in total. The first kappa shape index (κ1) is 61.2. The smallest absolute Gasteiger partial charge is 0.252 e. The predicted octanol–water partition coefficient (Wildman–Crippen LogP) is 26.8. The molecule has 0 atom stereocenters. The normalized spacial score (nSPS) is 12.8. The summed E-state index contributed by atoms with van der Waals surface area (Å²) in [6, 6.07) is 139. The van der Waals surface area contributed by atoms with Gasteiger partial charge in [0.2, 0.25) is 0 Å². The average molecular weight is 1360 g/mol. The molecule has 2 aliphatic heterocycles. The van der Waals surface area contributed by atoms with Gasteiger partial charge in [-0.15, -0.1) is 0 Å². The summed E-state index contributed by atoms with van der Waals surface area (Å²) in [6.45, 7) is 6.71. The van der Waals surface area contributed by atoms with Gasteiger partial charge >= 0.3 is 0 Å². The van der Waals surface area contributed by atoms with Gasteiger partial charge in [-0.25, -0.2) is 0 Å². The van der Waals surface area contributed by atoms with Crippen LogP contribution >= 0.6 is 0 Å². The van der Waals surface area contributed by atoms with Gasteiger partial charge in [0.15, 0.2) is 0 Å². The number of para-hydroxylation sites is 2. The van der Waals surface area contributed by atoms with Crippen molar-refractivity contribution in [3.63, 3.8) is 0 Å². The molecule has 2 aliphatic rings. The number of benzene rings is 20. The molecule has 0 fully saturated rings. The van der Waals surface area contributed by atoms with Crippen LogP contribution in [0.2, 0.25) is 0 Å². The Morgan fingerprint density at radius 3 is 0.869 bits per heavy atom. The van der Waals surface area contributed by atoms with Crippen LogP contribution in [-0.4, -0.2) is 6.71 Å². The van der Waals surface area contributed by atoms with Gasteiger partial charge in [-0.2, -0.15) is 0 Å². The second kappa shape index (κ2) is 23.6. The first-order chi connectivity index (χ1) is 52.7. The number of anilines is 6. The standard InChI is InChI=1S/C104H69BN2/c1-104(2,3)78-52-48-64(49-53-78)77-62-95-101-96(63-77)107(103-81(67-28-12-6-13-29-67)40-23-41-82(103)68-30-14-7-15-31-68)94-61-72(76-57-74-37-21-45-86-84-43-17-33-70-35-19-47-88(98(70)84)90(59-76)100(74)86)51-55-92(94)105(101)91-54-50-71(75-56-73-36-20-44-85-83-42-16-32-69-34-18-46-87(97(69)83)89(58-75)99(73)85)60-93(91)106(95)102-79(65-24-8-4-9-25-65)38-22-39-80(102)66-26-10-5-11-27-66/h4-63H,1-3H3. The third-order valence-electron chi connectivity index (χ3n) is 23.6. The van der Waals surface area contributed by atoms with E-state index < -0.39 is 0 Å². The zero-order chi connectivity index (χ0) is 70.8. The van der Waals surface area contributed by atoms with Crippen LogP contribution in [0.3, 0.4) is 0 Å². The van der Waals surface area contributed by atoms with E-state index in [2.05, 4.69) is 395 Å². The van der Waals surface area contributed by atoms with E-state index >= 15 is 0 Å². The third kappa shape index (κ3) is 9.40. The fourth-order valence-electron chi connectivity index (χ4n) is 18.8. The topological polar surface area (TPSA) is 6.48 Å². The molecule has 0 radical (unpaired) electrons. The Hall–Kier alpha value is -13.3. The Kier molecular flexibility index (Phi) is 13.5. The summed E-state index contributed by atoms with van der Waals surface area (Å²) in [4.78, 5) is 5.41. The maximum atomic E-state index is 2.71. The Morgan fingerprint density at radius 2 is 0.514 bits per heavy atom. The molecule has 0 saturated heterocycles. The molecule has 0 unspecified atom stereocenters. The van der Waals surface area contributed by atoms with E-state index in [1.807, 2.05) is 0 Å². The number of hydrogen-bond donors (Lipinski definition) is 0. The van der Waals surface area contributed by atoms with E-state index in [0.717, 1.165) is 101 Å². The molecular weight excluding hydrogens is 1290 g/mol. The van der Waals surface area contributed by atoms with Gasteiger partial charge in [-0.05, 0) is 218 Å². The van der Waals surface area contributed by atoms with E-state index in [4.69, 9.17) is 0 Å². The molecule has 2 heterocycles. The molecule has 3 heteroatoms. The maximum Gasteiger partial charge on any atom is 0.252 e. The number of hydrogen-bond acceptors (Lipinski definition) is 2. The summed E-state index contributed by atoms with van der Waals surface area (Å²) in [5.74, 6) is 0. The Morgan fingerprint density at radius 1 is 0.215 bits per heavy atom. The second-order valence-electron chi connectivity index (χ2n) is 30.5. The quantitative estimate of drug-likeness (QED) is 0.0807. The van der Waals surface area contributed by atoms with Crippen LogP contribution in [0.15, 0.2) is 364 Å².